The SMILES string of the molecule is CC(C)(C=C(C#N)C(=O)N1CCCCC(OC(=O)N[C@@H](Cc2ccccc2)B(O)O)C1)N1CCOC2(CC2)C1. The lowest BCUT2D eigenvalue weighted by molar-refractivity contribution is -0.128. The maximum Gasteiger partial charge on any atom is 0.475 e. The van der Waals surface area contributed by atoms with Crippen molar-refractivity contribution >= 4 is 19.1 Å². The molecule has 3 aliphatic rings. The highest BCUT2D eigenvalue weighted by Gasteiger charge is 2.49. The van der Waals surface area contributed by atoms with Crippen LogP contribution in [0.5, 0.6) is 0 Å². The first-order valence-corrected chi connectivity index (χ1v) is 13.8. The molecule has 1 spiro atoms. The Morgan fingerprint density at radius 1 is 1.28 bits per heavy atom. The first kappa shape index (κ1) is 29.1. The van der Waals surface area contributed by atoms with Crippen molar-refractivity contribution in [1.29, 1.82) is 5.26 Å². The van der Waals surface area contributed by atoms with E-state index in [0.29, 0.717) is 19.6 Å². The summed E-state index contributed by atoms with van der Waals surface area (Å²) < 4.78 is 11.5. The van der Waals surface area contributed by atoms with Crippen molar-refractivity contribution < 1.29 is 29.1 Å². The van der Waals surface area contributed by atoms with Crippen LogP contribution < -0.4 is 5.32 Å². The Morgan fingerprint density at radius 2 is 2.03 bits per heavy atom. The fourth-order valence-electron chi connectivity index (χ4n) is 5.35. The number of benzene rings is 1. The Balaban J connectivity index is 1.37. The topological polar surface area (TPSA) is 135 Å². The maximum absolute atomic E-state index is 13.5. The minimum Gasteiger partial charge on any atom is -0.444 e. The molecule has 2 saturated heterocycles. The van der Waals surface area contributed by atoms with E-state index in [1.807, 2.05) is 44.2 Å². The molecular formula is C28H39BN4O6. The van der Waals surface area contributed by atoms with E-state index in [0.717, 1.165) is 44.3 Å². The van der Waals surface area contributed by atoms with Gasteiger partial charge in [0.1, 0.15) is 17.7 Å². The van der Waals surface area contributed by atoms with E-state index in [9.17, 15) is 24.9 Å². The molecule has 1 saturated carbocycles. The van der Waals surface area contributed by atoms with Gasteiger partial charge in [-0.2, -0.15) is 5.26 Å². The summed E-state index contributed by atoms with van der Waals surface area (Å²) in [6.07, 6.45) is 4.75. The van der Waals surface area contributed by atoms with E-state index in [4.69, 9.17) is 9.47 Å². The lowest BCUT2D eigenvalue weighted by Gasteiger charge is -2.42. The van der Waals surface area contributed by atoms with Crippen molar-refractivity contribution in [3.63, 3.8) is 0 Å². The van der Waals surface area contributed by atoms with Crippen molar-refractivity contribution in [2.45, 2.75) is 75.6 Å². The van der Waals surface area contributed by atoms with Gasteiger partial charge in [-0.25, -0.2) is 4.79 Å². The summed E-state index contributed by atoms with van der Waals surface area (Å²) in [5.41, 5.74) is 0.348. The zero-order chi connectivity index (χ0) is 28.0. The number of ether oxygens (including phenoxy) is 2. The van der Waals surface area contributed by atoms with Crippen LogP contribution in [0.1, 0.15) is 51.5 Å². The van der Waals surface area contributed by atoms with Crippen molar-refractivity contribution in [2.24, 2.45) is 0 Å². The number of amides is 2. The second kappa shape index (κ2) is 12.5. The molecule has 2 heterocycles. The number of morpholine rings is 1. The monoisotopic (exact) mass is 538 g/mol. The van der Waals surface area contributed by atoms with Crippen LogP contribution >= 0.6 is 0 Å². The highest BCUT2D eigenvalue weighted by molar-refractivity contribution is 6.43. The maximum atomic E-state index is 13.5. The van der Waals surface area contributed by atoms with E-state index < -0.39 is 30.8 Å². The van der Waals surface area contributed by atoms with Crippen molar-refractivity contribution in [2.75, 3.05) is 32.8 Å². The first-order chi connectivity index (χ1) is 18.6. The Morgan fingerprint density at radius 3 is 2.69 bits per heavy atom. The number of carbonyl (C=O) groups excluding carboxylic acids is 2. The highest BCUT2D eigenvalue weighted by Crippen LogP contribution is 2.43. The van der Waals surface area contributed by atoms with Gasteiger partial charge in [0.05, 0.1) is 24.7 Å². The zero-order valence-corrected chi connectivity index (χ0v) is 22.8. The molecule has 4 rings (SSSR count). The lowest BCUT2D eigenvalue weighted by atomic mass is 9.76. The predicted molar refractivity (Wildman–Crippen MR) is 145 cm³/mol. The van der Waals surface area contributed by atoms with E-state index in [1.165, 1.54) is 0 Å². The van der Waals surface area contributed by atoms with Crippen LogP contribution in [0.2, 0.25) is 0 Å². The third-order valence-corrected chi connectivity index (χ3v) is 7.87. The van der Waals surface area contributed by atoms with E-state index in [2.05, 4.69) is 16.3 Å². The third kappa shape index (κ3) is 7.82. The minimum absolute atomic E-state index is 0.0672. The third-order valence-electron chi connectivity index (χ3n) is 7.87. The number of carbonyl (C=O) groups is 2. The standard InChI is InChI=1S/C28H39BN4O6/c1-27(2,33-14-15-38-28(20-33)11-12-28)17-22(18-30)25(34)32-13-7-6-10-23(19-32)39-26(35)31-24(29(36)37)16-21-8-4-3-5-9-21/h3-5,8-9,17,23-24,36-37H,6-7,10-16,19-20H2,1-2H3,(H,31,35)/t23?,24-/m0/s1. The summed E-state index contributed by atoms with van der Waals surface area (Å²) in [5.74, 6) is -1.32. The van der Waals surface area contributed by atoms with E-state index >= 15 is 0 Å². The largest absolute Gasteiger partial charge is 0.475 e. The Bertz CT molecular complexity index is 1090. The van der Waals surface area contributed by atoms with Gasteiger partial charge in [-0.15, -0.1) is 0 Å². The molecule has 0 bridgehead atoms. The Labute approximate surface area is 230 Å². The Kier molecular flexibility index (Phi) is 9.33. The molecule has 2 atom stereocenters. The first-order valence-electron chi connectivity index (χ1n) is 13.8. The Hall–Kier alpha value is -2.91. The zero-order valence-electron chi connectivity index (χ0n) is 22.8. The lowest BCUT2D eigenvalue weighted by Crippen LogP contribution is -2.53. The van der Waals surface area contributed by atoms with Crippen LogP contribution in [0.3, 0.4) is 0 Å². The number of likely N-dealkylation sites (tertiary alicyclic amines) is 1. The van der Waals surface area contributed by atoms with Crippen LogP contribution in [0, 0.1) is 11.3 Å². The fourth-order valence-corrected chi connectivity index (χ4v) is 5.35. The molecule has 2 aliphatic heterocycles. The molecular weight excluding hydrogens is 499 g/mol. The van der Waals surface area contributed by atoms with Gasteiger partial charge in [0.2, 0.25) is 0 Å². The van der Waals surface area contributed by atoms with Gasteiger partial charge in [-0.1, -0.05) is 30.3 Å². The molecule has 1 aliphatic carbocycles. The molecule has 11 heteroatoms. The smallest absolute Gasteiger partial charge is 0.444 e. The quantitative estimate of drug-likeness (QED) is 0.259. The summed E-state index contributed by atoms with van der Waals surface area (Å²) in [7, 11) is -1.77. The molecule has 210 valence electrons. The summed E-state index contributed by atoms with van der Waals surface area (Å²) in [4.78, 5) is 30.0. The van der Waals surface area contributed by atoms with Gasteiger partial charge in [0, 0.05) is 25.2 Å². The summed E-state index contributed by atoms with van der Waals surface area (Å²) >= 11 is 0. The van der Waals surface area contributed by atoms with Crippen LogP contribution in [0.25, 0.3) is 0 Å². The van der Waals surface area contributed by atoms with Crippen LogP contribution in [0.15, 0.2) is 42.0 Å². The van der Waals surface area contributed by atoms with E-state index in [-0.39, 0.29) is 30.0 Å². The number of nitriles is 1. The van der Waals surface area contributed by atoms with E-state index in [1.54, 1.807) is 11.0 Å². The number of rotatable bonds is 8. The molecule has 39 heavy (non-hydrogen) atoms. The van der Waals surface area contributed by atoms with Crippen LogP contribution in [-0.2, 0) is 20.7 Å². The number of alkyl carbamates (subject to hydrolysis) is 1. The molecule has 10 nitrogen and oxygen atoms in total. The number of nitrogens with one attached hydrogen (secondary N) is 1. The minimum atomic E-state index is -1.77. The number of hydrogen-bond acceptors (Lipinski definition) is 8. The van der Waals surface area contributed by atoms with Crippen LogP contribution in [-0.4, -0.2) is 94.9 Å². The van der Waals surface area contributed by atoms with Crippen molar-refractivity contribution in [3.8, 4) is 6.07 Å². The number of hydrogen-bond donors (Lipinski definition) is 3. The van der Waals surface area contributed by atoms with Gasteiger partial charge in [0.15, 0.2) is 0 Å². The molecule has 1 unspecified atom stereocenters. The van der Waals surface area contributed by atoms with Crippen LogP contribution in [0.4, 0.5) is 4.79 Å². The molecule has 1 aromatic rings. The van der Waals surface area contributed by atoms with Crippen molar-refractivity contribution in [1.82, 2.24) is 15.1 Å². The second-order valence-corrected chi connectivity index (χ2v) is 11.4. The predicted octanol–water partition coefficient (Wildman–Crippen LogP) is 1.81. The van der Waals surface area contributed by atoms with Gasteiger partial charge in [-0.3, -0.25) is 9.69 Å². The average Bonchev–Trinajstić information content (AvgIpc) is 3.70. The molecule has 3 fully saturated rings. The molecule has 3 N–H and O–H groups in total. The summed E-state index contributed by atoms with van der Waals surface area (Å²) in [6.45, 7) is 6.81. The molecule has 0 aromatic heterocycles. The van der Waals surface area contributed by atoms with Gasteiger partial charge >= 0.3 is 13.2 Å². The number of nitrogens with zero attached hydrogens (tertiary/aromatic N) is 3. The highest BCUT2D eigenvalue weighted by atomic mass is 16.6. The normalized spacial score (nSPS) is 22.4. The van der Waals surface area contributed by atoms with Gasteiger partial charge < -0.3 is 29.7 Å². The fraction of sp³-hybridized carbons (Fsp3) is 0.607. The molecule has 0 radical (unpaired) electrons. The van der Waals surface area contributed by atoms with Gasteiger partial charge in [0.25, 0.3) is 5.91 Å². The second-order valence-electron chi connectivity index (χ2n) is 11.4. The molecule has 2 amide bonds. The van der Waals surface area contributed by atoms with Gasteiger partial charge in [-0.05, 0) is 64.0 Å². The summed E-state index contributed by atoms with van der Waals surface area (Å²) in [6, 6.07) is 11.3. The average molecular weight is 538 g/mol. The molecule has 1 aromatic carbocycles. The summed E-state index contributed by atoms with van der Waals surface area (Å²) in [5, 5.41) is 32.0. The van der Waals surface area contributed by atoms with Crippen molar-refractivity contribution in [3.05, 3.63) is 47.5 Å².